The lowest BCUT2D eigenvalue weighted by molar-refractivity contribution is -0.940. The van der Waals surface area contributed by atoms with Crippen LogP contribution in [0.3, 0.4) is 0 Å². The Bertz CT molecular complexity index is 767. The second-order valence-electron chi connectivity index (χ2n) is 6.68. The lowest BCUT2D eigenvalue weighted by Gasteiger charge is -2.35. The van der Waals surface area contributed by atoms with E-state index in [0.717, 1.165) is 26.3 Å². The van der Waals surface area contributed by atoms with Crippen molar-refractivity contribution in [3.63, 3.8) is 0 Å². The predicted molar refractivity (Wildman–Crippen MR) is 109 cm³/mol. The topological polar surface area (TPSA) is 54.8 Å². The molecule has 0 unspecified atom stereocenters. The van der Waals surface area contributed by atoms with E-state index in [2.05, 4.69) is 22.8 Å². The largest absolute Gasteiger partial charge is 0.370 e. The first kappa shape index (κ1) is 20.0. The van der Waals surface area contributed by atoms with Gasteiger partial charge in [-0.05, 0) is 25.1 Å². The summed E-state index contributed by atoms with van der Waals surface area (Å²) < 4.78 is 5.50. The van der Waals surface area contributed by atoms with Crippen LogP contribution in [0.15, 0.2) is 48.5 Å². The van der Waals surface area contributed by atoms with E-state index in [4.69, 9.17) is 27.9 Å². The van der Waals surface area contributed by atoms with Crippen molar-refractivity contribution in [3.8, 4) is 0 Å². The molecule has 0 spiro atoms. The van der Waals surface area contributed by atoms with Gasteiger partial charge in [0.25, 0.3) is 0 Å². The number of amides is 2. The summed E-state index contributed by atoms with van der Waals surface area (Å²) in [6.07, 6.45) is 0. The van der Waals surface area contributed by atoms with Gasteiger partial charge in [-0.25, -0.2) is 4.79 Å². The van der Waals surface area contributed by atoms with Crippen LogP contribution in [0.5, 0.6) is 0 Å². The van der Waals surface area contributed by atoms with Gasteiger partial charge in [0.2, 0.25) is 0 Å². The number of hydrogen-bond donors (Lipinski definition) is 3. The van der Waals surface area contributed by atoms with Crippen molar-refractivity contribution >= 4 is 34.9 Å². The molecule has 1 saturated heterocycles. The van der Waals surface area contributed by atoms with Gasteiger partial charge in [-0.2, -0.15) is 0 Å². The number of urea groups is 1. The molecule has 0 radical (unpaired) electrons. The monoisotopic (exact) mass is 408 g/mol. The third-order valence-electron chi connectivity index (χ3n) is 4.77. The van der Waals surface area contributed by atoms with Crippen LogP contribution in [0.4, 0.5) is 10.5 Å². The number of halogens is 2. The minimum Gasteiger partial charge on any atom is -0.370 e. The van der Waals surface area contributed by atoms with Gasteiger partial charge in [0, 0.05) is 11.3 Å². The molecule has 1 aliphatic heterocycles. The Kier molecular flexibility index (Phi) is 6.96. The van der Waals surface area contributed by atoms with E-state index >= 15 is 0 Å². The number of carbonyl (C=O) groups excluding carboxylic acids is 1. The quantitative estimate of drug-likeness (QED) is 0.711. The highest BCUT2D eigenvalue weighted by molar-refractivity contribution is 6.42. The molecule has 2 atom stereocenters. The number of quaternary nitrogens is 1. The molecule has 0 bridgehead atoms. The van der Waals surface area contributed by atoms with Gasteiger partial charge in [-0.1, -0.05) is 53.5 Å². The van der Waals surface area contributed by atoms with Crippen LogP contribution in [0, 0.1) is 0 Å². The first-order valence-corrected chi connectivity index (χ1v) is 9.80. The average Bonchev–Trinajstić information content (AvgIpc) is 2.66. The van der Waals surface area contributed by atoms with Gasteiger partial charge >= 0.3 is 6.03 Å². The van der Waals surface area contributed by atoms with Crippen molar-refractivity contribution in [2.75, 3.05) is 31.6 Å². The highest BCUT2D eigenvalue weighted by Crippen LogP contribution is 2.25. The van der Waals surface area contributed by atoms with Crippen LogP contribution in [0.1, 0.15) is 18.5 Å². The Labute approximate surface area is 169 Å². The Balaban J connectivity index is 1.70. The summed E-state index contributed by atoms with van der Waals surface area (Å²) in [5.41, 5.74) is 1.81. The zero-order valence-electron chi connectivity index (χ0n) is 15.2. The number of anilines is 1. The fourth-order valence-electron chi connectivity index (χ4n) is 3.51. The van der Waals surface area contributed by atoms with Crippen LogP contribution in [0.2, 0.25) is 10.0 Å². The van der Waals surface area contributed by atoms with Crippen LogP contribution >= 0.6 is 23.2 Å². The number of carbonyl (C=O) groups is 1. The van der Waals surface area contributed by atoms with E-state index in [1.54, 1.807) is 18.2 Å². The number of hydrogen-bond acceptors (Lipinski definition) is 2. The van der Waals surface area contributed by atoms with Crippen molar-refractivity contribution < 1.29 is 14.4 Å². The Morgan fingerprint density at radius 3 is 2.44 bits per heavy atom. The molecule has 1 fully saturated rings. The molecule has 2 aromatic rings. The molecule has 2 amide bonds. The first-order valence-electron chi connectivity index (χ1n) is 9.04. The fraction of sp³-hybridized carbons (Fsp3) is 0.350. The number of rotatable bonds is 5. The number of morpholine rings is 1. The van der Waals surface area contributed by atoms with Gasteiger partial charge in [0.1, 0.15) is 19.1 Å². The maximum Gasteiger partial charge on any atom is 0.319 e. The molecule has 3 rings (SSSR count). The highest BCUT2D eigenvalue weighted by atomic mass is 35.5. The van der Waals surface area contributed by atoms with Gasteiger partial charge in [0.05, 0.1) is 29.3 Å². The summed E-state index contributed by atoms with van der Waals surface area (Å²) in [5, 5.41) is 6.75. The third kappa shape index (κ3) is 5.36. The minimum absolute atomic E-state index is 0.0664. The highest BCUT2D eigenvalue weighted by Gasteiger charge is 2.32. The van der Waals surface area contributed by atoms with Crippen molar-refractivity contribution in [2.24, 2.45) is 0 Å². The summed E-state index contributed by atoms with van der Waals surface area (Å²) >= 11 is 11.9. The van der Waals surface area contributed by atoms with E-state index in [1.165, 1.54) is 10.5 Å². The van der Waals surface area contributed by atoms with Crippen molar-refractivity contribution in [1.82, 2.24) is 5.32 Å². The van der Waals surface area contributed by atoms with E-state index in [9.17, 15) is 4.79 Å². The maximum atomic E-state index is 12.5. The zero-order valence-corrected chi connectivity index (χ0v) is 16.7. The molecule has 2 aromatic carbocycles. The molecule has 0 aliphatic carbocycles. The van der Waals surface area contributed by atoms with Crippen LogP contribution in [-0.4, -0.2) is 38.4 Å². The molecule has 27 heavy (non-hydrogen) atoms. The van der Waals surface area contributed by atoms with Gasteiger partial charge in [-0.3, -0.25) is 0 Å². The van der Waals surface area contributed by atoms with E-state index in [1.807, 2.05) is 25.1 Å². The molecular weight excluding hydrogens is 385 g/mol. The molecule has 0 aromatic heterocycles. The summed E-state index contributed by atoms with van der Waals surface area (Å²) in [7, 11) is 0. The summed E-state index contributed by atoms with van der Waals surface area (Å²) in [4.78, 5) is 13.9. The van der Waals surface area contributed by atoms with Crippen molar-refractivity contribution in [2.45, 2.75) is 19.0 Å². The van der Waals surface area contributed by atoms with Crippen LogP contribution < -0.4 is 15.5 Å². The number of ether oxygens (including phenoxy) is 1. The standard InChI is InChI=1S/C20H23Cl2N3O2/c1-14(23-20(26)24-16-7-8-17(21)18(22)13-16)19(15-5-3-2-4-6-15)25-9-11-27-12-10-25/h2-8,13-14,19H,9-12H2,1H3,(H2,23,24,26)/p+1/t14-,19-/m0/s1. The second kappa shape index (κ2) is 9.42. The molecule has 5 nitrogen and oxygen atoms in total. The second-order valence-corrected chi connectivity index (χ2v) is 7.49. The third-order valence-corrected chi connectivity index (χ3v) is 5.51. The molecule has 144 valence electrons. The molecule has 1 heterocycles. The molecular formula is C20H24Cl2N3O2+. The molecule has 0 saturated carbocycles. The van der Waals surface area contributed by atoms with E-state index < -0.39 is 0 Å². The summed E-state index contributed by atoms with van der Waals surface area (Å²) in [5.74, 6) is 0. The fourth-order valence-corrected chi connectivity index (χ4v) is 3.81. The predicted octanol–water partition coefficient (Wildman–Crippen LogP) is 3.16. The van der Waals surface area contributed by atoms with E-state index in [0.29, 0.717) is 15.7 Å². The Morgan fingerprint density at radius 2 is 1.78 bits per heavy atom. The average molecular weight is 409 g/mol. The van der Waals surface area contributed by atoms with Crippen molar-refractivity contribution in [3.05, 3.63) is 64.1 Å². The van der Waals surface area contributed by atoms with Gasteiger partial charge < -0.3 is 20.3 Å². The molecule has 1 aliphatic rings. The number of nitrogens with one attached hydrogen (secondary N) is 3. The Morgan fingerprint density at radius 1 is 1.07 bits per heavy atom. The zero-order chi connectivity index (χ0) is 19.2. The first-order chi connectivity index (χ1) is 13.0. The normalized spacial score (nSPS) is 17.1. The molecule has 3 N–H and O–H groups in total. The lowest BCUT2D eigenvalue weighted by atomic mass is 9.98. The lowest BCUT2D eigenvalue weighted by Crippen LogP contribution is -3.15. The van der Waals surface area contributed by atoms with Crippen LogP contribution in [0.25, 0.3) is 0 Å². The Hall–Kier alpha value is -1.79. The minimum atomic E-state index is -0.269. The summed E-state index contributed by atoms with van der Waals surface area (Å²) in [6, 6.07) is 15.1. The van der Waals surface area contributed by atoms with Crippen LogP contribution in [-0.2, 0) is 4.74 Å². The maximum absolute atomic E-state index is 12.5. The van der Waals surface area contributed by atoms with E-state index in [-0.39, 0.29) is 18.1 Å². The van der Waals surface area contributed by atoms with Gasteiger partial charge in [0.15, 0.2) is 0 Å². The SMILES string of the molecule is C[C@H](NC(=O)Nc1ccc(Cl)c(Cl)c1)[C@@H](c1ccccc1)[NH+]1CCOCC1. The smallest absolute Gasteiger partial charge is 0.319 e. The van der Waals surface area contributed by atoms with Crippen molar-refractivity contribution in [1.29, 1.82) is 0 Å². The summed E-state index contributed by atoms with van der Waals surface area (Å²) in [6.45, 7) is 5.34. The van der Waals surface area contributed by atoms with Gasteiger partial charge in [-0.15, -0.1) is 0 Å². The number of benzene rings is 2. The molecule has 7 heteroatoms.